The van der Waals surface area contributed by atoms with Gasteiger partial charge in [-0.2, -0.15) is 0 Å². The van der Waals surface area contributed by atoms with Crippen LogP contribution in [-0.2, 0) is 0 Å². The molecular formula is C16H23F2N. The highest BCUT2D eigenvalue weighted by molar-refractivity contribution is 5.22. The second kappa shape index (κ2) is 6.47. The van der Waals surface area contributed by atoms with Crippen LogP contribution in [0.2, 0.25) is 0 Å². The summed E-state index contributed by atoms with van der Waals surface area (Å²) in [6.07, 6.45) is 4.85. The summed E-state index contributed by atoms with van der Waals surface area (Å²) in [5.41, 5.74) is 0.875. The SMILES string of the molecule is CCNC(c1ccc(F)c(F)c1)C1CCCC(C)C1. The molecule has 3 atom stereocenters. The van der Waals surface area contributed by atoms with Gasteiger partial charge in [0.25, 0.3) is 0 Å². The fourth-order valence-corrected chi connectivity index (χ4v) is 3.27. The second-order valence-electron chi connectivity index (χ2n) is 5.74. The number of benzene rings is 1. The van der Waals surface area contributed by atoms with E-state index in [0.29, 0.717) is 5.92 Å². The van der Waals surface area contributed by atoms with Crippen molar-refractivity contribution >= 4 is 0 Å². The fraction of sp³-hybridized carbons (Fsp3) is 0.625. The number of halogens is 2. The standard InChI is InChI=1S/C16H23F2N/c1-3-19-16(12-6-4-5-11(2)9-12)13-7-8-14(17)15(18)10-13/h7-8,10-12,16,19H,3-6,9H2,1-2H3. The number of hydrogen-bond acceptors (Lipinski definition) is 1. The predicted octanol–water partition coefficient (Wildman–Crippen LogP) is 4.44. The largest absolute Gasteiger partial charge is 0.310 e. The molecule has 1 saturated carbocycles. The molecule has 3 heteroatoms. The van der Waals surface area contributed by atoms with Crippen LogP contribution < -0.4 is 5.32 Å². The molecule has 1 aliphatic rings. The summed E-state index contributed by atoms with van der Waals surface area (Å²) in [7, 11) is 0. The van der Waals surface area contributed by atoms with Gasteiger partial charge in [0.15, 0.2) is 11.6 Å². The van der Waals surface area contributed by atoms with Crippen molar-refractivity contribution in [3.8, 4) is 0 Å². The molecule has 2 rings (SSSR count). The lowest BCUT2D eigenvalue weighted by molar-refractivity contribution is 0.225. The van der Waals surface area contributed by atoms with E-state index in [9.17, 15) is 8.78 Å². The molecule has 106 valence electrons. The summed E-state index contributed by atoms with van der Waals surface area (Å²) in [5, 5.41) is 3.45. The highest BCUT2D eigenvalue weighted by Crippen LogP contribution is 2.37. The number of nitrogens with one attached hydrogen (secondary N) is 1. The van der Waals surface area contributed by atoms with Crippen LogP contribution in [0.5, 0.6) is 0 Å². The van der Waals surface area contributed by atoms with E-state index in [2.05, 4.69) is 19.2 Å². The minimum absolute atomic E-state index is 0.142. The average Bonchev–Trinajstić information content (AvgIpc) is 2.39. The van der Waals surface area contributed by atoms with E-state index in [0.717, 1.165) is 24.4 Å². The third-order valence-corrected chi connectivity index (χ3v) is 4.18. The molecule has 0 radical (unpaired) electrons. The Bertz CT molecular complexity index is 419. The van der Waals surface area contributed by atoms with Gasteiger partial charge in [0.05, 0.1) is 0 Å². The summed E-state index contributed by atoms with van der Waals surface area (Å²) in [5.74, 6) is -0.265. The Hall–Kier alpha value is -0.960. The van der Waals surface area contributed by atoms with E-state index in [4.69, 9.17) is 0 Å². The first-order chi connectivity index (χ1) is 9.11. The molecule has 0 bridgehead atoms. The van der Waals surface area contributed by atoms with Crippen LogP contribution in [-0.4, -0.2) is 6.54 Å². The Morgan fingerprint density at radius 2 is 2.05 bits per heavy atom. The summed E-state index contributed by atoms with van der Waals surface area (Å²) < 4.78 is 26.5. The van der Waals surface area contributed by atoms with Gasteiger partial charge in [-0.3, -0.25) is 0 Å². The van der Waals surface area contributed by atoms with E-state index >= 15 is 0 Å². The zero-order valence-electron chi connectivity index (χ0n) is 11.8. The molecule has 1 aromatic rings. The lowest BCUT2D eigenvalue weighted by atomic mass is 9.76. The van der Waals surface area contributed by atoms with Crippen molar-refractivity contribution in [1.82, 2.24) is 5.32 Å². The molecule has 0 aliphatic heterocycles. The molecule has 19 heavy (non-hydrogen) atoms. The Morgan fingerprint density at radius 1 is 1.26 bits per heavy atom. The van der Waals surface area contributed by atoms with Crippen molar-refractivity contribution < 1.29 is 8.78 Å². The topological polar surface area (TPSA) is 12.0 Å². The van der Waals surface area contributed by atoms with Crippen molar-refractivity contribution in [3.05, 3.63) is 35.4 Å². The van der Waals surface area contributed by atoms with Crippen molar-refractivity contribution in [2.75, 3.05) is 6.54 Å². The zero-order valence-corrected chi connectivity index (χ0v) is 11.8. The van der Waals surface area contributed by atoms with Crippen molar-refractivity contribution in [1.29, 1.82) is 0 Å². The lowest BCUT2D eigenvalue weighted by Crippen LogP contribution is -2.31. The molecular weight excluding hydrogens is 244 g/mol. The third-order valence-electron chi connectivity index (χ3n) is 4.18. The van der Waals surface area contributed by atoms with Crippen LogP contribution in [0.4, 0.5) is 8.78 Å². The van der Waals surface area contributed by atoms with Gasteiger partial charge < -0.3 is 5.32 Å². The molecule has 1 fully saturated rings. The highest BCUT2D eigenvalue weighted by Gasteiger charge is 2.27. The molecule has 1 N–H and O–H groups in total. The predicted molar refractivity (Wildman–Crippen MR) is 73.9 cm³/mol. The summed E-state index contributed by atoms with van der Waals surface area (Å²) in [6.45, 7) is 5.17. The Morgan fingerprint density at radius 3 is 2.68 bits per heavy atom. The number of hydrogen-bond donors (Lipinski definition) is 1. The van der Waals surface area contributed by atoms with Crippen LogP contribution >= 0.6 is 0 Å². The summed E-state index contributed by atoms with van der Waals surface area (Å²) in [4.78, 5) is 0. The van der Waals surface area contributed by atoms with Gasteiger partial charge >= 0.3 is 0 Å². The van der Waals surface area contributed by atoms with E-state index in [1.807, 2.05) is 0 Å². The second-order valence-corrected chi connectivity index (χ2v) is 5.74. The van der Waals surface area contributed by atoms with Gasteiger partial charge in [0.1, 0.15) is 0 Å². The minimum atomic E-state index is -0.768. The Labute approximate surface area is 114 Å². The average molecular weight is 267 g/mol. The normalized spacial score (nSPS) is 25.3. The first-order valence-electron chi connectivity index (χ1n) is 7.30. The Kier molecular flexibility index (Phi) is 4.92. The van der Waals surface area contributed by atoms with Crippen molar-refractivity contribution in [3.63, 3.8) is 0 Å². The van der Waals surface area contributed by atoms with Gasteiger partial charge in [-0.05, 0) is 48.9 Å². The molecule has 0 aromatic heterocycles. The van der Waals surface area contributed by atoms with Crippen LogP contribution in [0.3, 0.4) is 0 Å². The fourth-order valence-electron chi connectivity index (χ4n) is 3.27. The van der Waals surface area contributed by atoms with Gasteiger partial charge in [0, 0.05) is 6.04 Å². The van der Waals surface area contributed by atoms with E-state index in [-0.39, 0.29) is 6.04 Å². The summed E-state index contributed by atoms with van der Waals surface area (Å²) >= 11 is 0. The molecule has 1 aromatic carbocycles. The van der Waals surface area contributed by atoms with Gasteiger partial charge in [-0.15, -0.1) is 0 Å². The van der Waals surface area contributed by atoms with Crippen molar-refractivity contribution in [2.45, 2.75) is 45.6 Å². The first-order valence-corrected chi connectivity index (χ1v) is 7.30. The van der Waals surface area contributed by atoms with Crippen LogP contribution in [0.25, 0.3) is 0 Å². The molecule has 0 spiro atoms. The zero-order chi connectivity index (χ0) is 13.8. The third kappa shape index (κ3) is 3.53. The molecule has 1 aliphatic carbocycles. The quantitative estimate of drug-likeness (QED) is 0.850. The maximum atomic E-state index is 13.4. The maximum Gasteiger partial charge on any atom is 0.159 e. The van der Waals surface area contributed by atoms with Gasteiger partial charge in [-0.25, -0.2) is 8.78 Å². The van der Waals surface area contributed by atoms with E-state index in [1.165, 1.54) is 31.4 Å². The van der Waals surface area contributed by atoms with Crippen LogP contribution in [0.1, 0.15) is 51.1 Å². The summed E-state index contributed by atoms with van der Waals surface area (Å²) in [6, 6.07) is 4.44. The molecule has 0 heterocycles. The lowest BCUT2D eigenvalue weighted by Gasteiger charge is -2.34. The maximum absolute atomic E-state index is 13.4. The monoisotopic (exact) mass is 267 g/mol. The highest BCUT2D eigenvalue weighted by atomic mass is 19.2. The Balaban J connectivity index is 2.20. The minimum Gasteiger partial charge on any atom is -0.310 e. The van der Waals surface area contributed by atoms with Gasteiger partial charge in [-0.1, -0.05) is 32.8 Å². The van der Waals surface area contributed by atoms with Crippen LogP contribution in [0, 0.1) is 23.5 Å². The first kappa shape index (κ1) is 14.4. The number of rotatable bonds is 4. The van der Waals surface area contributed by atoms with Gasteiger partial charge in [0.2, 0.25) is 0 Å². The van der Waals surface area contributed by atoms with E-state index < -0.39 is 11.6 Å². The smallest absolute Gasteiger partial charge is 0.159 e. The van der Waals surface area contributed by atoms with Crippen molar-refractivity contribution in [2.24, 2.45) is 11.8 Å². The molecule has 0 saturated heterocycles. The molecule has 3 unspecified atom stereocenters. The molecule has 0 amide bonds. The van der Waals surface area contributed by atoms with E-state index in [1.54, 1.807) is 6.07 Å². The molecule has 1 nitrogen and oxygen atoms in total. The van der Waals surface area contributed by atoms with Crippen LogP contribution in [0.15, 0.2) is 18.2 Å².